The zero-order valence-electron chi connectivity index (χ0n) is 13.0. The fraction of sp³-hybridized carbons (Fsp3) is 0.375. The van der Waals surface area contributed by atoms with E-state index < -0.39 is 5.97 Å². The zero-order chi connectivity index (χ0) is 16.4. The third-order valence-electron chi connectivity index (χ3n) is 2.77. The molecule has 0 aliphatic rings. The molecular weight excluding hydrogens is 284 g/mol. The van der Waals surface area contributed by atoms with Crippen LogP contribution < -0.4 is 14.8 Å². The number of methoxy groups -OCH3 is 2. The summed E-state index contributed by atoms with van der Waals surface area (Å²) in [5.74, 6) is 0.664. The number of hydrogen-bond donors (Lipinski definition) is 1. The van der Waals surface area contributed by atoms with Gasteiger partial charge in [0, 0.05) is 12.7 Å². The van der Waals surface area contributed by atoms with Gasteiger partial charge in [0.05, 0.1) is 20.8 Å². The highest BCUT2D eigenvalue weighted by Crippen LogP contribution is 2.28. The Balaban J connectivity index is 2.72. The van der Waals surface area contributed by atoms with Crippen molar-refractivity contribution in [3.8, 4) is 17.6 Å². The monoisotopic (exact) mass is 304 g/mol. The average molecular weight is 304 g/mol. The summed E-state index contributed by atoms with van der Waals surface area (Å²) < 4.78 is 15.4. The Morgan fingerprint density at radius 2 is 2.14 bits per heavy atom. The lowest BCUT2D eigenvalue weighted by molar-refractivity contribution is -0.135. The summed E-state index contributed by atoms with van der Waals surface area (Å²) >= 11 is 0. The van der Waals surface area contributed by atoms with E-state index in [1.54, 1.807) is 13.2 Å². The van der Waals surface area contributed by atoms with Crippen molar-refractivity contribution in [3.05, 3.63) is 35.5 Å². The number of nitriles is 1. The second-order valence-electron chi connectivity index (χ2n) is 4.38. The van der Waals surface area contributed by atoms with E-state index in [4.69, 9.17) is 14.7 Å². The summed E-state index contributed by atoms with van der Waals surface area (Å²) in [5, 5.41) is 11.7. The van der Waals surface area contributed by atoms with Crippen molar-refractivity contribution >= 4 is 5.97 Å². The fourth-order valence-electron chi connectivity index (χ4n) is 1.67. The minimum absolute atomic E-state index is 0.0858. The first kappa shape index (κ1) is 17.4. The Morgan fingerprint density at radius 3 is 2.73 bits per heavy atom. The SMILES string of the molecule is CCCOc1ccc(CN/C=C(/C#N)C(=O)OC)cc1OC. The Kier molecular flexibility index (Phi) is 7.34. The van der Waals surface area contributed by atoms with Crippen molar-refractivity contribution in [1.82, 2.24) is 5.32 Å². The molecule has 0 aliphatic carbocycles. The maximum absolute atomic E-state index is 11.2. The highest BCUT2D eigenvalue weighted by atomic mass is 16.5. The van der Waals surface area contributed by atoms with Gasteiger partial charge in [-0.2, -0.15) is 5.26 Å². The highest BCUT2D eigenvalue weighted by Gasteiger charge is 2.08. The molecule has 6 heteroatoms. The second kappa shape index (κ2) is 9.29. The predicted octanol–water partition coefficient (Wildman–Crippen LogP) is 2.15. The van der Waals surface area contributed by atoms with E-state index in [9.17, 15) is 4.79 Å². The van der Waals surface area contributed by atoms with Crippen molar-refractivity contribution in [2.24, 2.45) is 0 Å². The van der Waals surface area contributed by atoms with Gasteiger partial charge in [-0.25, -0.2) is 4.79 Å². The van der Waals surface area contributed by atoms with Gasteiger partial charge in [-0.1, -0.05) is 13.0 Å². The molecule has 0 saturated heterocycles. The first-order chi connectivity index (χ1) is 10.7. The summed E-state index contributed by atoms with van der Waals surface area (Å²) in [7, 11) is 2.81. The molecule has 0 saturated carbocycles. The number of esters is 1. The normalized spacial score (nSPS) is 10.5. The lowest BCUT2D eigenvalue weighted by Gasteiger charge is -2.11. The average Bonchev–Trinajstić information content (AvgIpc) is 2.56. The van der Waals surface area contributed by atoms with Crippen molar-refractivity contribution in [2.45, 2.75) is 19.9 Å². The lowest BCUT2D eigenvalue weighted by atomic mass is 10.2. The Labute approximate surface area is 130 Å². The van der Waals surface area contributed by atoms with Gasteiger partial charge in [0.15, 0.2) is 17.1 Å². The van der Waals surface area contributed by atoms with E-state index in [1.165, 1.54) is 13.3 Å². The zero-order valence-corrected chi connectivity index (χ0v) is 13.0. The van der Waals surface area contributed by atoms with Gasteiger partial charge in [0.2, 0.25) is 0 Å². The number of hydrogen-bond acceptors (Lipinski definition) is 6. The summed E-state index contributed by atoms with van der Waals surface area (Å²) in [6.07, 6.45) is 2.25. The van der Waals surface area contributed by atoms with E-state index >= 15 is 0 Å². The van der Waals surface area contributed by atoms with Gasteiger partial charge in [-0.15, -0.1) is 0 Å². The van der Waals surface area contributed by atoms with Crippen LogP contribution in [0.5, 0.6) is 11.5 Å². The van der Waals surface area contributed by atoms with Crippen LogP contribution in [0.25, 0.3) is 0 Å². The van der Waals surface area contributed by atoms with E-state index in [2.05, 4.69) is 10.1 Å². The van der Waals surface area contributed by atoms with Crippen molar-refractivity contribution < 1.29 is 19.0 Å². The quantitative estimate of drug-likeness (QED) is 0.450. The molecule has 0 atom stereocenters. The van der Waals surface area contributed by atoms with Crippen LogP contribution in [0.1, 0.15) is 18.9 Å². The minimum atomic E-state index is -0.670. The van der Waals surface area contributed by atoms with Crippen LogP contribution in [0.2, 0.25) is 0 Å². The second-order valence-corrected chi connectivity index (χ2v) is 4.38. The van der Waals surface area contributed by atoms with Crippen LogP contribution >= 0.6 is 0 Å². The molecule has 22 heavy (non-hydrogen) atoms. The molecule has 0 aromatic heterocycles. The molecule has 0 heterocycles. The standard InChI is InChI=1S/C16H20N2O4/c1-4-7-22-14-6-5-12(8-15(14)20-2)10-18-11-13(9-17)16(19)21-3/h5-6,8,11,18H,4,7,10H2,1-3H3/b13-11-. The van der Waals surface area contributed by atoms with Gasteiger partial charge in [-0.05, 0) is 24.1 Å². The number of carbonyl (C=O) groups is 1. The van der Waals surface area contributed by atoms with Crippen LogP contribution in [-0.4, -0.2) is 26.8 Å². The summed E-state index contributed by atoms with van der Waals surface area (Å²) in [4.78, 5) is 11.2. The topological polar surface area (TPSA) is 80.6 Å². The third kappa shape index (κ3) is 5.02. The Morgan fingerprint density at radius 1 is 1.36 bits per heavy atom. The Bertz CT molecular complexity index is 576. The van der Waals surface area contributed by atoms with Crippen LogP contribution in [0.15, 0.2) is 30.0 Å². The summed E-state index contributed by atoms with van der Waals surface area (Å²) in [6.45, 7) is 3.10. The molecule has 1 aromatic carbocycles. The van der Waals surface area contributed by atoms with Crippen molar-refractivity contribution in [1.29, 1.82) is 5.26 Å². The lowest BCUT2D eigenvalue weighted by Crippen LogP contribution is -2.11. The van der Waals surface area contributed by atoms with Gasteiger partial charge in [-0.3, -0.25) is 0 Å². The summed E-state index contributed by atoms with van der Waals surface area (Å²) in [6, 6.07) is 7.34. The fourth-order valence-corrected chi connectivity index (χ4v) is 1.67. The largest absolute Gasteiger partial charge is 0.493 e. The van der Waals surface area contributed by atoms with Crippen molar-refractivity contribution in [2.75, 3.05) is 20.8 Å². The molecule has 0 radical (unpaired) electrons. The Hall–Kier alpha value is -2.68. The predicted molar refractivity (Wildman–Crippen MR) is 81.3 cm³/mol. The van der Waals surface area contributed by atoms with Gasteiger partial charge in [0.25, 0.3) is 0 Å². The maximum Gasteiger partial charge on any atom is 0.350 e. The number of rotatable bonds is 8. The molecule has 0 amide bonds. The maximum atomic E-state index is 11.2. The van der Waals surface area contributed by atoms with Crippen LogP contribution in [0.4, 0.5) is 0 Å². The number of benzene rings is 1. The first-order valence-corrected chi connectivity index (χ1v) is 6.87. The number of nitrogens with one attached hydrogen (secondary N) is 1. The molecule has 0 spiro atoms. The van der Waals surface area contributed by atoms with Crippen LogP contribution in [0.3, 0.4) is 0 Å². The van der Waals surface area contributed by atoms with Gasteiger partial charge >= 0.3 is 5.97 Å². The molecule has 1 rings (SSSR count). The van der Waals surface area contributed by atoms with E-state index in [1.807, 2.05) is 25.1 Å². The smallest absolute Gasteiger partial charge is 0.350 e. The number of nitrogens with zero attached hydrogens (tertiary/aromatic N) is 1. The summed E-state index contributed by atoms with van der Waals surface area (Å²) in [5.41, 5.74) is 0.844. The molecule has 0 unspecified atom stereocenters. The molecule has 6 nitrogen and oxygen atoms in total. The van der Waals surface area contributed by atoms with E-state index in [0.29, 0.717) is 24.7 Å². The van der Waals surface area contributed by atoms with Crippen molar-refractivity contribution in [3.63, 3.8) is 0 Å². The number of carbonyl (C=O) groups excluding carboxylic acids is 1. The first-order valence-electron chi connectivity index (χ1n) is 6.87. The van der Waals surface area contributed by atoms with Crippen LogP contribution in [0, 0.1) is 11.3 Å². The van der Waals surface area contributed by atoms with E-state index in [-0.39, 0.29) is 5.57 Å². The third-order valence-corrected chi connectivity index (χ3v) is 2.77. The highest BCUT2D eigenvalue weighted by molar-refractivity contribution is 5.92. The molecule has 0 bridgehead atoms. The van der Waals surface area contributed by atoms with Gasteiger partial charge in [0.1, 0.15) is 6.07 Å². The van der Waals surface area contributed by atoms with E-state index in [0.717, 1.165) is 12.0 Å². The molecule has 0 fully saturated rings. The molecule has 118 valence electrons. The number of ether oxygens (including phenoxy) is 3. The van der Waals surface area contributed by atoms with Crippen LogP contribution in [-0.2, 0) is 16.1 Å². The molecule has 1 N–H and O–H groups in total. The molecule has 0 aliphatic heterocycles. The minimum Gasteiger partial charge on any atom is -0.493 e. The molecule has 1 aromatic rings. The van der Waals surface area contributed by atoms with Gasteiger partial charge < -0.3 is 19.5 Å². The molecular formula is C16H20N2O4.